The van der Waals surface area contributed by atoms with Crippen LogP contribution in [0.1, 0.15) is 30.0 Å². The van der Waals surface area contributed by atoms with Crippen LogP contribution in [0.5, 0.6) is 5.75 Å². The molecule has 0 spiro atoms. The lowest BCUT2D eigenvalue weighted by Crippen LogP contribution is -2.34. The fourth-order valence-electron chi connectivity index (χ4n) is 2.65. The molecule has 1 aromatic carbocycles. The molecular formula is C16H19NO2. The molecule has 0 saturated heterocycles. The van der Waals surface area contributed by atoms with E-state index in [0.717, 1.165) is 30.2 Å². The van der Waals surface area contributed by atoms with Crippen LogP contribution in [0.4, 0.5) is 0 Å². The predicted molar refractivity (Wildman–Crippen MR) is 74.4 cm³/mol. The zero-order chi connectivity index (χ0) is 13.2. The summed E-state index contributed by atoms with van der Waals surface area (Å²) in [6.07, 6.45) is 1.02. The molecule has 0 radical (unpaired) electrons. The van der Waals surface area contributed by atoms with Gasteiger partial charge in [-0.25, -0.2) is 0 Å². The Kier molecular flexibility index (Phi) is 3.30. The third-order valence-corrected chi connectivity index (χ3v) is 3.54. The summed E-state index contributed by atoms with van der Waals surface area (Å²) in [5.74, 6) is 2.89. The van der Waals surface area contributed by atoms with Gasteiger partial charge >= 0.3 is 0 Å². The highest BCUT2D eigenvalue weighted by atomic mass is 16.5. The minimum Gasteiger partial charge on any atom is -0.488 e. The number of fused-ring (bicyclic) bond motifs is 1. The van der Waals surface area contributed by atoms with Crippen molar-refractivity contribution in [2.75, 3.05) is 6.54 Å². The van der Waals surface area contributed by atoms with Gasteiger partial charge in [-0.1, -0.05) is 25.1 Å². The molecule has 2 unspecified atom stereocenters. The second-order valence-corrected chi connectivity index (χ2v) is 4.95. The van der Waals surface area contributed by atoms with Gasteiger partial charge in [0.05, 0.1) is 0 Å². The van der Waals surface area contributed by atoms with Gasteiger partial charge in [-0.05, 0) is 37.2 Å². The Morgan fingerprint density at radius 2 is 2.11 bits per heavy atom. The van der Waals surface area contributed by atoms with Crippen molar-refractivity contribution >= 4 is 0 Å². The molecule has 0 aliphatic carbocycles. The molecule has 1 aromatic heterocycles. The first-order chi connectivity index (χ1) is 9.28. The minimum atomic E-state index is 0.0999. The van der Waals surface area contributed by atoms with Crippen LogP contribution in [-0.2, 0) is 6.42 Å². The van der Waals surface area contributed by atoms with Gasteiger partial charge in [0, 0.05) is 6.42 Å². The number of rotatable bonds is 4. The van der Waals surface area contributed by atoms with Gasteiger partial charge in [-0.2, -0.15) is 0 Å². The predicted octanol–water partition coefficient (Wildman–Crippen LogP) is 3.24. The third-order valence-electron chi connectivity index (χ3n) is 3.54. The van der Waals surface area contributed by atoms with E-state index in [-0.39, 0.29) is 12.1 Å². The number of aryl methyl sites for hydroxylation is 1. The van der Waals surface area contributed by atoms with E-state index in [1.165, 1.54) is 5.56 Å². The molecule has 0 fully saturated rings. The highest BCUT2D eigenvalue weighted by molar-refractivity contribution is 5.38. The minimum absolute atomic E-state index is 0.0999. The van der Waals surface area contributed by atoms with Gasteiger partial charge in [-0.15, -0.1) is 0 Å². The molecule has 2 aromatic rings. The number of hydrogen-bond acceptors (Lipinski definition) is 3. The zero-order valence-corrected chi connectivity index (χ0v) is 11.3. The number of likely N-dealkylation sites (N-methyl/N-ethyl adjacent to an activating group) is 1. The highest BCUT2D eigenvalue weighted by Crippen LogP contribution is 2.34. The normalized spacial score (nSPS) is 18.9. The Morgan fingerprint density at radius 1 is 1.26 bits per heavy atom. The van der Waals surface area contributed by atoms with E-state index in [4.69, 9.17) is 9.15 Å². The number of hydrogen-bond donors (Lipinski definition) is 1. The monoisotopic (exact) mass is 257 g/mol. The van der Waals surface area contributed by atoms with E-state index in [0.29, 0.717) is 0 Å². The van der Waals surface area contributed by atoms with E-state index in [1.54, 1.807) is 0 Å². The summed E-state index contributed by atoms with van der Waals surface area (Å²) in [5, 5.41) is 3.47. The van der Waals surface area contributed by atoms with Crippen LogP contribution in [0, 0.1) is 6.92 Å². The number of furan rings is 1. The fourth-order valence-corrected chi connectivity index (χ4v) is 2.65. The maximum Gasteiger partial charge on any atom is 0.125 e. The fraction of sp³-hybridized carbons (Fsp3) is 0.375. The molecule has 100 valence electrons. The van der Waals surface area contributed by atoms with E-state index < -0.39 is 0 Å². The van der Waals surface area contributed by atoms with Gasteiger partial charge in [0.1, 0.15) is 29.4 Å². The van der Waals surface area contributed by atoms with Crippen molar-refractivity contribution in [3.8, 4) is 5.75 Å². The second-order valence-electron chi connectivity index (χ2n) is 4.95. The molecular weight excluding hydrogens is 238 g/mol. The molecule has 0 bridgehead atoms. The van der Waals surface area contributed by atoms with Gasteiger partial charge in [0.2, 0.25) is 0 Å². The summed E-state index contributed by atoms with van der Waals surface area (Å²) in [6, 6.07) is 12.4. The Labute approximate surface area is 113 Å². The third kappa shape index (κ3) is 2.38. The lowest BCUT2D eigenvalue weighted by atomic mass is 10.0. The van der Waals surface area contributed by atoms with Crippen molar-refractivity contribution in [1.82, 2.24) is 5.32 Å². The Bertz CT molecular complexity index is 536. The van der Waals surface area contributed by atoms with Crippen LogP contribution in [0.2, 0.25) is 0 Å². The molecule has 0 amide bonds. The van der Waals surface area contributed by atoms with Gasteiger partial charge in [-0.3, -0.25) is 0 Å². The highest BCUT2D eigenvalue weighted by Gasteiger charge is 2.32. The molecule has 3 rings (SSSR count). The summed E-state index contributed by atoms with van der Waals surface area (Å²) >= 11 is 0. The summed E-state index contributed by atoms with van der Waals surface area (Å²) in [7, 11) is 0. The average Bonchev–Trinajstić information content (AvgIpc) is 3.01. The van der Waals surface area contributed by atoms with E-state index >= 15 is 0 Å². The first-order valence-corrected chi connectivity index (χ1v) is 6.82. The summed E-state index contributed by atoms with van der Waals surface area (Å²) < 4.78 is 11.8. The van der Waals surface area contributed by atoms with Gasteiger partial charge in [0.25, 0.3) is 0 Å². The molecule has 3 nitrogen and oxygen atoms in total. The van der Waals surface area contributed by atoms with Crippen LogP contribution in [0.3, 0.4) is 0 Å². The van der Waals surface area contributed by atoms with Crippen LogP contribution in [-0.4, -0.2) is 12.6 Å². The van der Waals surface area contributed by atoms with Crippen LogP contribution < -0.4 is 10.1 Å². The standard InChI is InChI=1S/C16H19NO2/c1-3-17-16(14-9-8-11(2)18-14)15-10-12-6-4-5-7-13(12)19-15/h4-9,15-17H,3,10H2,1-2H3. The van der Waals surface area contributed by atoms with Crippen molar-refractivity contribution in [2.45, 2.75) is 32.4 Å². The van der Waals surface area contributed by atoms with Gasteiger partial charge < -0.3 is 14.5 Å². The summed E-state index contributed by atoms with van der Waals surface area (Å²) in [6.45, 7) is 4.96. The molecule has 0 saturated carbocycles. The molecule has 1 N–H and O–H groups in total. The zero-order valence-electron chi connectivity index (χ0n) is 11.3. The average molecular weight is 257 g/mol. The Balaban J connectivity index is 1.83. The summed E-state index contributed by atoms with van der Waals surface area (Å²) in [4.78, 5) is 0. The number of nitrogens with one attached hydrogen (secondary N) is 1. The SMILES string of the molecule is CCNC(c1ccc(C)o1)C1Cc2ccccc2O1. The van der Waals surface area contributed by atoms with Crippen molar-refractivity contribution < 1.29 is 9.15 Å². The Morgan fingerprint density at radius 3 is 2.79 bits per heavy atom. The maximum absolute atomic E-state index is 6.06. The quantitative estimate of drug-likeness (QED) is 0.913. The van der Waals surface area contributed by atoms with Crippen LogP contribution in [0.25, 0.3) is 0 Å². The first kappa shape index (κ1) is 12.3. The van der Waals surface area contributed by atoms with Crippen molar-refractivity contribution in [3.05, 3.63) is 53.5 Å². The maximum atomic E-state index is 6.06. The lowest BCUT2D eigenvalue weighted by Gasteiger charge is -2.22. The van der Waals surface area contributed by atoms with Crippen molar-refractivity contribution in [2.24, 2.45) is 0 Å². The Hall–Kier alpha value is -1.74. The van der Waals surface area contributed by atoms with Gasteiger partial charge in [0.15, 0.2) is 0 Å². The topological polar surface area (TPSA) is 34.4 Å². The number of benzene rings is 1. The first-order valence-electron chi connectivity index (χ1n) is 6.82. The summed E-state index contributed by atoms with van der Waals surface area (Å²) in [5.41, 5.74) is 1.28. The smallest absolute Gasteiger partial charge is 0.125 e. The second kappa shape index (κ2) is 5.10. The number of ether oxygens (including phenoxy) is 1. The number of para-hydroxylation sites is 1. The van der Waals surface area contributed by atoms with Crippen molar-refractivity contribution in [3.63, 3.8) is 0 Å². The van der Waals surface area contributed by atoms with E-state index in [9.17, 15) is 0 Å². The lowest BCUT2D eigenvalue weighted by molar-refractivity contribution is 0.164. The molecule has 2 atom stereocenters. The largest absolute Gasteiger partial charge is 0.488 e. The molecule has 19 heavy (non-hydrogen) atoms. The van der Waals surface area contributed by atoms with E-state index in [1.807, 2.05) is 31.2 Å². The molecule has 1 aliphatic rings. The molecule has 1 aliphatic heterocycles. The van der Waals surface area contributed by atoms with Crippen LogP contribution >= 0.6 is 0 Å². The van der Waals surface area contributed by atoms with E-state index in [2.05, 4.69) is 24.4 Å². The van der Waals surface area contributed by atoms with Crippen molar-refractivity contribution in [1.29, 1.82) is 0 Å². The molecule has 3 heteroatoms. The molecule has 2 heterocycles. The van der Waals surface area contributed by atoms with Crippen LogP contribution in [0.15, 0.2) is 40.8 Å².